The topological polar surface area (TPSA) is 49.8 Å². The van der Waals surface area contributed by atoms with Gasteiger partial charge in [-0.2, -0.15) is 0 Å². The summed E-state index contributed by atoms with van der Waals surface area (Å²) in [5, 5.41) is 8.80. The molecular weight excluding hydrogens is 261 g/mol. The van der Waals surface area contributed by atoms with Crippen molar-refractivity contribution in [3.8, 4) is 5.75 Å². The quantitative estimate of drug-likeness (QED) is 0.923. The minimum Gasteiger partial charge on any atom is -0.490 e. The van der Waals surface area contributed by atoms with Gasteiger partial charge in [0.2, 0.25) is 0 Å². The first-order valence-electron chi connectivity index (χ1n) is 6.96. The van der Waals surface area contributed by atoms with Crippen molar-refractivity contribution in [1.82, 2.24) is 4.90 Å². The van der Waals surface area contributed by atoms with E-state index in [0.717, 1.165) is 12.8 Å². The summed E-state index contributed by atoms with van der Waals surface area (Å²) < 4.78 is 19.5. The molecule has 1 aromatic rings. The van der Waals surface area contributed by atoms with Gasteiger partial charge in [0.05, 0.1) is 5.56 Å². The number of halogens is 1. The third-order valence-electron chi connectivity index (χ3n) is 4.53. The molecule has 2 aliphatic heterocycles. The zero-order valence-electron chi connectivity index (χ0n) is 11.4. The highest BCUT2D eigenvalue weighted by Gasteiger charge is 2.39. The van der Waals surface area contributed by atoms with Crippen LogP contribution in [0.4, 0.5) is 4.39 Å². The normalized spacial score (nSPS) is 29.4. The highest BCUT2D eigenvalue weighted by Crippen LogP contribution is 2.36. The lowest BCUT2D eigenvalue weighted by Crippen LogP contribution is -2.43. The molecule has 0 aliphatic carbocycles. The molecule has 2 bridgehead atoms. The second kappa shape index (κ2) is 5.05. The molecule has 3 rings (SSSR count). The molecule has 2 saturated heterocycles. The number of piperidine rings is 1. The number of fused-ring (bicyclic) bond motifs is 2. The average Bonchev–Trinajstić information content (AvgIpc) is 2.62. The van der Waals surface area contributed by atoms with Gasteiger partial charge in [0.25, 0.3) is 0 Å². The minimum atomic E-state index is -1.26. The molecule has 0 radical (unpaired) electrons. The van der Waals surface area contributed by atoms with Crippen LogP contribution in [0.3, 0.4) is 0 Å². The van der Waals surface area contributed by atoms with Crippen molar-refractivity contribution in [2.75, 3.05) is 7.05 Å². The zero-order chi connectivity index (χ0) is 14.3. The van der Waals surface area contributed by atoms with Crippen LogP contribution in [-0.4, -0.2) is 41.2 Å². The molecule has 2 fully saturated rings. The van der Waals surface area contributed by atoms with E-state index in [1.807, 2.05) is 0 Å². The van der Waals surface area contributed by atoms with Gasteiger partial charge in [0.1, 0.15) is 17.7 Å². The average molecular weight is 279 g/mol. The van der Waals surface area contributed by atoms with Gasteiger partial charge in [0, 0.05) is 18.2 Å². The molecule has 2 atom stereocenters. The number of hydrogen-bond donors (Lipinski definition) is 1. The minimum absolute atomic E-state index is 0.0961. The number of carboxylic acids is 1. The summed E-state index contributed by atoms with van der Waals surface area (Å²) in [6.07, 6.45) is 4.41. The fourth-order valence-corrected chi connectivity index (χ4v) is 3.39. The summed E-state index contributed by atoms with van der Waals surface area (Å²) in [7, 11) is 2.15. The van der Waals surface area contributed by atoms with Crippen molar-refractivity contribution in [2.45, 2.75) is 43.9 Å². The van der Waals surface area contributed by atoms with E-state index in [9.17, 15) is 9.18 Å². The number of nitrogens with zero attached hydrogens (tertiary/aromatic N) is 1. The molecule has 2 aliphatic rings. The highest BCUT2D eigenvalue weighted by molar-refractivity contribution is 5.88. The van der Waals surface area contributed by atoms with E-state index in [-0.39, 0.29) is 11.7 Å². The lowest BCUT2D eigenvalue weighted by Gasteiger charge is -2.36. The molecule has 1 N–H and O–H groups in total. The largest absolute Gasteiger partial charge is 0.490 e. The highest BCUT2D eigenvalue weighted by atomic mass is 19.1. The van der Waals surface area contributed by atoms with E-state index in [2.05, 4.69) is 11.9 Å². The number of carbonyl (C=O) groups is 1. The second-order valence-corrected chi connectivity index (χ2v) is 5.71. The number of aromatic carboxylic acids is 1. The van der Waals surface area contributed by atoms with Gasteiger partial charge in [-0.1, -0.05) is 0 Å². The van der Waals surface area contributed by atoms with Gasteiger partial charge < -0.3 is 14.7 Å². The first-order valence-corrected chi connectivity index (χ1v) is 6.96. The van der Waals surface area contributed by atoms with Crippen LogP contribution >= 0.6 is 0 Å². The van der Waals surface area contributed by atoms with Gasteiger partial charge in [-0.3, -0.25) is 0 Å². The standard InChI is InChI=1S/C15H18FNO3/c1-17-9-2-3-10(17)7-12(6-9)20-11-4-5-13(15(18)19)14(16)8-11/h4-5,8-10,12H,2-3,6-7H2,1H3,(H,18,19). The molecule has 1 aromatic carbocycles. The van der Waals surface area contributed by atoms with E-state index >= 15 is 0 Å². The van der Waals surface area contributed by atoms with Crippen molar-refractivity contribution >= 4 is 5.97 Å². The summed E-state index contributed by atoms with van der Waals surface area (Å²) in [6, 6.07) is 5.08. The number of rotatable bonds is 3. The molecule has 2 heterocycles. The van der Waals surface area contributed by atoms with E-state index in [4.69, 9.17) is 9.84 Å². The fourth-order valence-electron chi connectivity index (χ4n) is 3.39. The van der Waals surface area contributed by atoms with Crippen LogP contribution in [-0.2, 0) is 0 Å². The maximum absolute atomic E-state index is 13.6. The Morgan fingerprint density at radius 2 is 2.00 bits per heavy atom. The first-order chi connectivity index (χ1) is 9.54. The molecule has 0 spiro atoms. The monoisotopic (exact) mass is 279 g/mol. The predicted octanol–water partition coefficient (Wildman–Crippen LogP) is 2.53. The van der Waals surface area contributed by atoms with Gasteiger partial charge >= 0.3 is 5.97 Å². The Kier molecular flexibility index (Phi) is 3.38. The van der Waals surface area contributed by atoms with E-state index in [1.165, 1.54) is 31.0 Å². The van der Waals surface area contributed by atoms with Crippen molar-refractivity contribution in [1.29, 1.82) is 0 Å². The summed E-state index contributed by atoms with van der Waals surface area (Å²) in [5.41, 5.74) is -0.319. The Morgan fingerprint density at radius 1 is 1.35 bits per heavy atom. The van der Waals surface area contributed by atoms with Gasteiger partial charge in [0.15, 0.2) is 0 Å². The Labute approximate surface area is 117 Å². The molecule has 0 saturated carbocycles. The van der Waals surface area contributed by atoms with Gasteiger partial charge in [-0.25, -0.2) is 9.18 Å². The van der Waals surface area contributed by atoms with Crippen LogP contribution in [0, 0.1) is 5.82 Å². The summed E-state index contributed by atoms with van der Waals surface area (Å²) in [6.45, 7) is 0. The Balaban J connectivity index is 1.70. The van der Waals surface area contributed by atoms with E-state index in [0.29, 0.717) is 17.8 Å². The molecule has 0 aromatic heterocycles. The lowest BCUT2D eigenvalue weighted by atomic mass is 10.0. The molecule has 5 heteroatoms. The Hall–Kier alpha value is -1.62. The number of ether oxygens (including phenoxy) is 1. The lowest BCUT2D eigenvalue weighted by molar-refractivity contribution is 0.0657. The third kappa shape index (κ3) is 2.38. The maximum atomic E-state index is 13.6. The molecule has 4 nitrogen and oxygen atoms in total. The van der Waals surface area contributed by atoms with Crippen molar-refractivity contribution in [3.63, 3.8) is 0 Å². The fraction of sp³-hybridized carbons (Fsp3) is 0.533. The van der Waals surface area contributed by atoms with Crippen molar-refractivity contribution in [3.05, 3.63) is 29.6 Å². The predicted molar refractivity (Wildman–Crippen MR) is 71.6 cm³/mol. The van der Waals surface area contributed by atoms with Gasteiger partial charge in [-0.15, -0.1) is 0 Å². The second-order valence-electron chi connectivity index (χ2n) is 5.71. The van der Waals surface area contributed by atoms with E-state index in [1.54, 1.807) is 0 Å². The Bertz CT molecular complexity index is 520. The molecule has 2 unspecified atom stereocenters. The third-order valence-corrected chi connectivity index (χ3v) is 4.53. The zero-order valence-corrected chi connectivity index (χ0v) is 11.4. The number of hydrogen-bond acceptors (Lipinski definition) is 3. The molecule has 20 heavy (non-hydrogen) atoms. The molecule has 0 amide bonds. The maximum Gasteiger partial charge on any atom is 0.338 e. The summed E-state index contributed by atoms with van der Waals surface area (Å²) >= 11 is 0. The van der Waals surface area contributed by atoms with Gasteiger partial charge in [-0.05, 0) is 44.9 Å². The number of benzene rings is 1. The van der Waals surface area contributed by atoms with E-state index < -0.39 is 11.8 Å². The summed E-state index contributed by atoms with van der Waals surface area (Å²) in [5.74, 6) is -1.58. The van der Waals surface area contributed by atoms with Crippen LogP contribution in [0.2, 0.25) is 0 Å². The smallest absolute Gasteiger partial charge is 0.338 e. The van der Waals surface area contributed by atoms with Crippen LogP contribution in [0.1, 0.15) is 36.0 Å². The van der Waals surface area contributed by atoms with Crippen molar-refractivity contribution in [2.24, 2.45) is 0 Å². The summed E-state index contributed by atoms with van der Waals surface area (Å²) in [4.78, 5) is 13.2. The van der Waals surface area contributed by atoms with Crippen LogP contribution in [0.25, 0.3) is 0 Å². The van der Waals surface area contributed by atoms with Crippen LogP contribution in [0.5, 0.6) is 5.75 Å². The molecule has 108 valence electrons. The van der Waals surface area contributed by atoms with Crippen molar-refractivity contribution < 1.29 is 19.0 Å². The Morgan fingerprint density at radius 3 is 2.55 bits per heavy atom. The molecular formula is C15H18FNO3. The van der Waals surface area contributed by atoms with Crippen LogP contribution < -0.4 is 4.74 Å². The first kappa shape index (κ1) is 13.4. The number of carboxylic acid groups (broad SMARTS) is 1. The SMILES string of the molecule is CN1C2CCC1CC(Oc1ccc(C(=O)O)c(F)c1)C2. The van der Waals surface area contributed by atoms with Crippen LogP contribution in [0.15, 0.2) is 18.2 Å².